The van der Waals surface area contributed by atoms with Crippen molar-refractivity contribution in [1.82, 2.24) is 14.8 Å². The summed E-state index contributed by atoms with van der Waals surface area (Å²) in [5.74, 6) is -1.01. The Morgan fingerprint density at radius 2 is 1.83 bits per heavy atom. The van der Waals surface area contributed by atoms with Crippen molar-refractivity contribution in [3.63, 3.8) is 0 Å². The Kier molecular flexibility index (Phi) is 4.58. The molecule has 0 aliphatic carbocycles. The van der Waals surface area contributed by atoms with E-state index < -0.39 is 29.9 Å². The van der Waals surface area contributed by atoms with Crippen LogP contribution in [0.4, 0.5) is 4.79 Å². The number of para-hydroxylation sites is 1. The van der Waals surface area contributed by atoms with E-state index in [0.717, 1.165) is 20.7 Å². The normalized spacial score (nSPS) is 19.8. The number of thiazole rings is 1. The molecule has 7 nitrogen and oxygen atoms in total. The number of aryl methyl sites for hydroxylation is 2. The van der Waals surface area contributed by atoms with Crippen LogP contribution >= 0.6 is 11.3 Å². The van der Waals surface area contributed by atoms with E-state index in [1.54, 1.807) is 19.1 Å². The van der Waals surface area contributed by atoms with Crippen LogP contribution in [0.25, 0.3) is 10.2 Å². The van der Waals surface area contributed by atoms with Gasteiger partial charge in [-0.05, 0) is 31.5 Å². The number of imide groups is 1. The fourth-order valence-electron chi connectivity index (χ4n) is 3.39. The Bertz CT molecular complexity index is 1210. The zero-order valence-electron chi connectivity index (χ0n) is 16.3. The lowest BCUT2D eigenvalue weighted by Gasteiger charge is -2.22. The van der Waals surface area contributed by atoms with E-state index in [4.69, 9.17) is 0 Å². The summed E-state index contributed by atoms with van der Waals surface area (Å²) in [7, 11) is 1.83. The van der Waals surface area contributed by atoms with Gasteiger partial charge in [-0.25, -0.2) is 4.79 Å². The highest BCUT2D eigenvalue weighted by atomic mass is 32.1. The quantitative estimate of drug-likeness (QED) is 0.676. The van der Waals surface area contributed by atoms with Gasteiger partial charge in [0.1, 0.15) is 12.1 Å². The third-order valence-corrected chi connectivity index (χ3v) is 6.25. The predicted molar refractivity (Wildman–Crippen MR) is 110 cm³/mol. The van der Waals surface area contributed by atoms with Crippen molar-refractivity contribution in [2.24, 2.45) is 12.0 Å². The predicted octanol–water partition coefficient (Wildman–Crippen LogP) is 2.44. The fraction of sp³-hybridized carbons (Fsp3) is 0.238. The topological polar surface area (TPSA) is 83.8 Å². The Morgan fingerprint density at radius 3 is 2.52 bits per heavy atom. The Labute approximate surface area is 171 Å². The number of hydrogen-bond donors (Lipinski definition) is 1. The number of rotatable bonds is 3. The first-order chi connectivity index (χ1) is 13.8. The molecule has 29 heavy (non-hydrogen) atoms. The van der Waals surface area contributed by atoms with Gasteiger partial charge in [0.15, 0.2) is 4.80 Å². The SMILES string of the molecule is Cc1ccc([C@@]2(C)NC(=O)N(CC(=O)N=c3sc4ccccc4n3C)C2=O)cc1. The molecule has 3 aromatic rings. The van der Waals surface area contributed by atoms with Gasteiger partial charge in [-0.15, -0.1) is 0 Å². The number of amides is 4. The molecule has 2 heterocycles. The van der Waals surface area contributed by atoms with E-state index in [9.17, 15) is 14.4 Å². The first-order valence-electron chi connectivity index (χ1n) is 9.13. The van der Waals surface area contributed by atoms with E-state index in [-0.39, 0.29) is 0 Å². The largest absolute Gasteiger partial charge is 0.325 e. The number of hydrogen-bond acceptors (Lipinski definition) is 4. The third-order valence-electron chi connectivity index (χ3n) is 5.13. The molecule has 4 rings (SSSR count). The van der Waals surface area contributed by atoms with Gasteiger partial charge < -0.3 is 9.88 Å². The molecular weight excluding hydrogens is 388 g/mol. The summed E-state index contributed by atoms with van der Waals surface area (Å²) in [4.78, 5) is 43.5. The summed E-state index contributed by atoms with van der Waals surface area (Å²) < 4.78 is 2.82. The summed E-state index contributed by atoms with van der Waals surface area (Å²) in [5, 5.41) is 2.71. The van der Waals surface area contributed by atoms with Crippen molar-refractivity contribution in [2.45, 2.75) is 19.4 Å². The highest BCUT2D eigenvalue weighted by molar-refractivity contribution is 7.16. The second-order valence-corrected chi connectivity index (χ2v) is 8.24. The molecule has 1 atom stereocenters. The number of fused-ring (bicyclic) bond motifs is 1. The van der Waals surface area contributed by atoms with Crippen LogP contribution < -0.4 is 10.1 Å². The van der Waals surface area contributed by atoms with Crippen LogP contribution in [0, 0.1) is 6.92 Å². The highest BCUT2D eigenvalue weighted by Gasteiger charge is 2.49. The third kappa shape index (κ3) is 3.25. The lowest BCUT2D eigenvalue weighted by molar-refractivity contribution is -0.134. The Balaban J connectivity index is 1.59. The van der Waals surface area contributed by atoms with E-state index in [0.29, 0.717) is 10.4 Å². The number of nitrogens with one attached hydrogen (secondary N) is 1. The summed E-state index contributed by atoms with van der Waals surface area (Å²) in [5.41, 5.74) is 1.49. The molecule has 2 aromatic carbocycles. The van der Waals surface area contributed by atoms with Crippen molar-refractivity contribution in [1.29, 1.82) is 0 Å². The standard InChI is InChI=1S/C21H20N4O3S/c1-13-8-10-14(11-9-13)21(2)18(27)25(19(28)23-21)12-17(26)22-20-24(3)15-6-4-5-7-16(15)29-20/h4-11H,12H2,1-3H3,(H,23,28)/t21-/m1/s1. The molecule has 0 spiro atoms. The minimum atomic E-state index is -1.20. The van der Waals surface area contributed by atoms with Gasteiger partial charge in [-0.1, -0.05) is 53.3 Å². The van der Waals surface area contributed by atoms with Crippen LogP contribution in [0.15, 0.2) is 53.5 Å². The number of benzene rings is 2. The highest BCUT2D eigenvalue weighted by Crippen LogP contribution is 2.29. The van der Waals surface area contributed by atoms with Gasteiger partial charge in [0.05, 0.1) is 10.2 Å². The van der Waals surface area contributed by atoms with E-state index >= 15 is 0 Å². The fourth-order valence-corrected chi connectivity index (χ4v) is 4.42. The molecular formula is C21H20N4O3S. The maximum absolute atomic E-state index is 13.0. The van der Waals surface area contributed by atoms with Gasteiger partial charge in [-0.3, -0.25) is 14.5 Å². The number of carbonyl (C=O) groups is 3. The van der Waals surface area contributed by atoms with Crippen LogP contribution in [-0.4, -0.2) is 33.9 Å². The van der Waals surface area contributed by atoms with Gasteiger partial charge in [0.25, 0.3) is 11.8 Å². The van der Waals surface area contributed by atoms with Crippen molar-refractivity contribution in [3.05, 3.63) is 64.5 Å². The molecule has 1 saturated heterocycles. The molecule has 1 aliphatic rings. The van der Waals surface area contributed by atoms with E-state index in [1.807, 2.05) is 54.9 Å². The molecule has 1 aromatic heterocycles. The van der Waals surface area contributed by atoms with Crippen LogP contribution in [0.1, 0.15) is 18.1 Å². The molecule has 1 fully saturated rings. The number of aromatic nitrogens is 1. The zero-order chi connectivity index (χ0) is 20.8. The second kappa shape index (κ2) is 6.97. The van der Waals surface area contributed by atoms with Crippen LogP contribution in [-0.2, 0) is 22.2 Å². The summed E-state index contributed by atoms with van der Waals surface area (Å²) in [6.45, 7) is 3.19. The number of carbonyl (C=O) groups excluding carboxylic acids is 3. The molecule has 8 heteroatoms. The minimum absolute atomic E-state index is 0.402. The van der Waals surface area contributed by atoms with Crippen LogP contribution in [0.2, 0.25) is 0 Å². The van der Waals surface area contributed by atoms with Crippen LogP contribution in [0.3, 0.4) is 0 Å². The second-order valence-electron chi connectivity index (χ2n) is 7.23. The molecule has 0 unspecified atom stereocenters. The summed E-state index contributed by atoms with van der Waals surface area (Å²) in [6.07, 6.45) is 0. The van der Waals surface area contributed by atoms with Crippen molar-refractivity contribution in [3.8, 4) is 0 Å². The van der Waals surface area contributed by atoms with Crippen molar-refractivity contribution < 1.29 is 14.4 Å². The molecule has 1 N–H and O–H groups in total. The molecule has 4 amide bonds. The van der Waals surface area contributed by atoms with Crippen molar-refractivity contribution >= 4 is 39.4 Å². The maximum atomic E-state index is 13.0. The molecule has 148 valence electrons. The number of urea groups is 1. The lowest BCUT2D eigenvalue weighted by atomic mass is 9.91. The monoisotopic (exact) mass is 408 g/mol. The lowest BCUT2D eigenvalue weighted by Crippen LogP contribution is -2.41. The maximum Gasteiger partial charge on any atom is 0.325 e. The van der Waals surface area contributed by atoms with Crippen molar-refractivity contribution in [2.75, 3.05) is 6.54 Å². The molecule has 0 saturated carbocycles. The average molecular weight is 408 g/mol. The Hall–Kier alpha value is -3.26. The molecule has 0 radical (unpaired) electrons. The van der Waals surface area contributed by atoms with Gasteiger partial charge in [0.2, 0.25) is 0 Å². The summed E-state index contributed by atoms with van der Waals surface area (Å²) >= 11 is 1.38. The summed E-state index contributed by atoms with van der Waals surface area (Å²) in [6, 6.07) is 14.5. The van der Waals surface area contributed by atoms with Gasteiger partial charge >= 0.3 is 6.03 Å². The van der Waals surface area contributed by atoms with E-state index in [1.165, 1.54) is 11.3 Å². The molecule has 0 bridgehead atoms. The zero-order valence-corrected chi connectivity index (χ0v) is 17.1. The smallest absolute Gasteiger partial charge is 0.319 e. The Morgan fingerprint density at radius 1 is 1.14 bits per heavy atom. The van der Waals surface area contributed by atoms with Gasteiger partial charge in [-0.2, -0.15) is 4.99 Å². The first kappa shape index (κ1) is 19.1. The molecule has 1 aliphatic heterocycles. The number of nitrogens with zero attached hydrogens (tertiary/aromatic N) is 3. The minimum Gasteiger partial charge on any atom is -0.319 e. The first-order valence-corrected chi connectivity index (χ1v) is 9.94. The van der Waals surface area contributed by atoms with Crippen LogP contribution in [0.5, 0.6) is 0 Å². The van der Waals surface area contributed by atoms with E-state index in [2.05, 4.69) is 10.3 Å². The average Bonchev–Trinajstić information content (AvgIpc) is 3.12. The van der Waals surface area contributed by atoms with Gasteiger partial charge in [0, 0.05) is 7.05 Å².